The van der Waals surface area contributed by atoms with Gasteiger partial charge in [0.05, 0.1) is 12.3 Å². The van der Waals surface area contributed by atoms with Gasteiger partial charge in [0.1, 0.15) is 0 Å². The van der Waals surface area contributed by atoms with Crippen LogP contribution in [0.2, 0.25) is 0 Å². The van der Waals surface area contributed by atoms with E-state index in [4.69, 9.17) is 0 Å². The summed E-state index contributed by atoms with van der Waals surface area (Å²) in [7, 11) is 0. The summed E-state index contributed by atoms with van der Waals surface area (Å²) >= 11 is 1.56. The van der Waals surface area contributed by atoms with Gasteiger partial charge in [-0.15, -0.1) is 0 Å². The lowest BCUT2D eigenvalue weighted by Gasteiger charge is -2.22. The highest BCUT2D eigenvalue weighted by atomic mass is 32.1. The van der Waals surface area contributed by atoms with Crippen LogP contribution >= 0.6 is 11.3 Å². The number of carboxylic acids is 1. The van der Waals surface area contributed by atoms with E-state index in [0.717, 1.165) is 31.2 Å². The normalized spacial score (nSPS) is 23.6. The number of amides is 1. The molecular formula is C14H19NO3S. The van der Waals surface area contributed by atoms with Gasteiger partial charge in [0.15, 0.2) is 0 Å². The Morgan fingerprint density at radius 3 is 2.79 bits per heavy atom. The van der Waals surface area contributed by atoms with E-state index in [0.29, 0.717) is 12.8 Å². The van der Waals surface area contributed by atoms with Crippen molar-refractivity contribution in [3.63, 3.8) is 0 Å². The summed E-state index contributed by atoms with van der Waals surface area (Å²) in [6.45, 7) is 0. The van der Waals surface area contributed by atoms with E-state index in [1.807, 2.05) is 16.8 Å². The van der Waals surface area contributed by atoms with E-state index in [2.05, 4.69) is 5.32 Å². The number of hydrogen-bond acceptors (Lipinski definition) is 3. The van der Waals surface area contributed by atoms with Gasteiger partial charge < -0.3 is 10.4 Å². The number of hydrogen-bond donors (Lipinski definition) is 2. The molecule has 1 aliphatic rings. The summed E-state index contributed by atoms with van der Waals surface area (Å²) in [6, 6.07) is 1.71. The average Bonchev–Trinajstić information content (AvgIpc) is 2.73. The second-order valence-corrected chi connectivity index (χ2v) is 5.85. The fraction of sp³-hybridized carbons (Fsp3) is 0.571. The molecule has 1 aromatic heterocycles. The highest BCUT2D eigenvalue weighted by Crippen LogP contribution is 2.24. The first-order chi connectivity index (χ1) is 9.16. The lowest BCUT2D eigenvalue weighted by molar-refractivity contribution is -0.143. The summed E-state index contributed by atoms with van der Waals surface area (Å²) in [5.41, 5.74) is 0.989. The molecule has 0 spiro atoms. The van der Waals surface area contributed by atoms with Crippen LogP contribution in [0.4, 0.5) is 0 Å². The Morgan fingerprint density at radius 1 is 1.32 bits per heavy atom. The molecule has 104 valence electrons. The first kappa shape index (κ1) is 14.1. The topological polar surface area (TPSA) is 66.4 Å². The number of aliphatic carboxylic acids is 1. The molecule has 1 aliphatic carbocycles. The van der Waals surface area contributed by atoms with Gasteiger partial charge in [-0.2, -0.15) is 11.3 Å². The van der Waals surface area contributed by atoms with Crippen LogP contribution in [-0.4, -0.2) is 23.0 Å². The maximum atomic E-state index is 12.0. The molecule has 0 saturated heterocycles. The lowest BCUT2D eigenvalue weighted by Crippen LogP contribution is -2.43. The molecule has 1 aromatic rings. The second-order valence-electron chi connectivity index (χ2n) is 5.07. The number of carboxylic acid groups (broad SMARTS) is 1. The Balaban J connectivity index is 1.94. The molecule has 5 heteroatoms. The molecule has 0 aromatic carbocycles. The van der Waals surface area contributed by atoms with Gasteiger partial charge in [-0.25, -0.2) is 0 Å². The Bertz CT molecular complexity index is 430. The quantitative estimate of drug-likeness (QED) is 0.833. The van der Waals surface area contributed by atoms with Crippen LogP contribution in [0.3, 0.4) is 0 Å². The van der Waals surface area contributed by atoms with Crippen molar-refractivity contribution in [2.24, 2.45) is 5.92 Å². The summed E-state index contributed by atoms with van der Waals surface area (Å²) in [5.74, 6) is -1.30. The number of carbonyl (C=O) groups is 2. The van der Waals surface area contributed by atoms with Crippen LogP contribution in [0.5, 0.6) is 0 Å². The molecule has 0 bridgehead atoms. The Hall–Kier alpha value is -1.36. The minimum atomic E-state index is -0.789. The number of thiophene rings is 1. The Labute approximate surface area is 116 Å². The van der Waals surface area contributed by atoms with Gasteiger partial charge in [-0.05, 0) is 35.2 Å². The molecule has 4 nitrogen and oxygen atoms in total. The van der Waals surface area contributed by atoms with Gasteiger partial charge in [-0.1, -0.05) is 19.3 Å². The maximum absolute atomic E-state index is 12.0. The van der Waals surface area contributed by atoms with Crippen LogP contribution in [0.15, 0.2) is 16.8 Å². The number of nitrogens with one attached hydrogen (secondary N) is 1. The van der Waals surface area contributed by atoms with E-state index < -0.39 is 11.9 Å². The third-order valence-corrected chi connectivity index (χ3v) is 4.36. The van der Waals surface area contributed by atoms with Gasteiger partial charge in [-0.3, -0.25) is 9.59 Å². The van der Waals surface area contributed by atoms with Crippen LogP contribution in [0.1, 0.15) is 37.7 Å². The SMILES string of the molecule is O=C(Cc1ccsc1)NC1CCCCCC1C(=O)O. The molecule has 1 amide bonds. The zero-order valence-electron chi connectivity index (χ0n) is 10.8. The monoisotopic (exact) mass is 281 g/mol. The zero-order valence-corrected chi connectivity index (χ0v) is 11.6. The minimum absolute atomic E-state index is 0.0726. The lowest BCUT2D eigenvalue weighted by atomic mass is 9.94. The molecule has 0 radical (unpaired) electrons. The Morgan fingerprint density at radius 2 is 2.11 bits per heavy atom. The molecule has 2 N–H and O–H groups in total. The third-order valence-electron chi connectivity index (χ3n) is 3.62. The van der Waals surface area contributed by atoms with Crippen LogP contribution < -0.4 is 5.32 Å². The van der Waals surface area contributed by atoms with Crippen molar-refractivity contribution in [1.82, 2.24) is 5.32 Å². The van der Waals surface area contributed by atoms with Crippen molar-refractivity contribution < 1.29 is 14.7 Å². The van der Waals surface area contributed by atoms with Crippen molar-refractivity contribution in [3.05, 3.63) is 22.4 Å². The van der Waals surface area contributed by atoms with Crippen LogP contribution in [0.25, 0.3) is 0 Å². The van der Waals surface area contributed by atoms with Crippen LogP contribution in [0, 0.1) is 5.92 Å². The highest BCUT2D eigenvalue weighted by Gasteiger charge is 2.30. The van der Waals surface area contributed by atoms with Crippen molar-refractivity contribution in [2.45, 2.75) is 44.6 Å². The number of carbonyl (C=O) groups excluding carboxylic acids is 1. The summed E-state index contributed by atoms with van der Waals surface area (Å²) < 4.78 is 0. The third kappa shape index (κ3) is 4.06. The van der Waals surface area contributed by atoms with E-state index in [9.17, 15) is 14.7 Å². The highest BCUT2D eigenvalue weighted by molar-refractivity contribution is 7.07. The van der Waals surface area contributed by atoms with Gasteiger partial charge >= 0.3 is 5.97 Å². The standard InChI is InChI=1S/C14H19NO3S/c16-13(8-10-6-7-19-9-10)15-12-5-3-1-2-4-11(12)14(17)18/h6-7,9,11-12H,1-5,8H2,(H,15,16)(H,17,18). The molecular weight excluding hydrogens is 262 g/mol. The molecule has 1 fully saturated rings. The van der Waals surface area contributed by atoms with E-state index in [-0.39, 0.29) is 11.9 Å². The summed E-state index contributed by atoms with van der Waals surface area (Å²) in [4.78, 5) is 23.2. The average molecular weight is 281 g/mol. The molecule has 2 unspecified atom stereocenters. The van der Waals surface area contributed by atoms with Crippen molar-refractivity contribution in [3.8, 4) is 0 Å². The maximum Gasteiger partial charge on any atom is 0.308 e. The van der Waals surface area contributed by atoms with Crippen molar-refractivity contribution in [2.75, 3.05) is 0 Å². The predicted molar refractivity (Wildman–Crippen MR) is 74.2 cm³/mol. The predicted octanol–water partition coefficient (Wildman–Crippen LogP) is 2.44. The molecule has 19 heavy (non-hydrogen) atoms. The van der Waals surface area contributed by atoms with Gasteiger partial charge in [0.25, 0.3) is 0 Å². The van der Waals surface area contributed by atoms with E-state index in [1.54, 1.807) is 11.3 Å². The summed E-state index contributed by atoms with van der Waals surface area (Å²) in [5, 5.41) is 16.1. The fourth-order valence-electron chi connectivity index (χ4n) is 2.61. The minimum Gasteiger partial charge on any atom is -0.481 e. The molecule has 1 saturated carbocycles. The van der Waals surface area contributed by atoms with Crippen LogP contribution in [-0.2, 0) is 16.0 Å². The zero-order chi connectivity index (χ0) is 13.7. The van der Waals surface area contributed by atoms with Gasteiger partial charge in [0, 0.05) is 6.04 Å². The second kappa shape index (κ2) is 6.70. The first-order valence-corrected chi connectivity index (χ1v) is 7.64. The number of rotatable bonds is 4. The molecule has 2 rings (SSSR count). The molecule has 2 atom stereocenters. The molecule has 1 heterocycles. The van der Waals surface area contributed by atoms with Gasteiger partial charge in [0.2, 0.25) is 5.91 Å². The van der Waals surface area contributed by atoms with Crippen molar-refractivity contribution in [1.29, 1.82) is 0 Å². The fourth-order valence-corrected chi connectivity index (χ4v) is 3.28. The largest absolute Gasteiger partial charge is 0.481 e. The summed E-state index contributed by atoms with van der Waals surface area (Å²) in [6.07, 6.45) is 4.76. The Kier molecular flexibility index (Phi) is 4.96. The van der Waals surface area contributed by atoms with E-state index in [1.165, 1.54) is 0 Å². The van der Waals surface area contributed by atoms with Crippen molar-refractivity contribution >= 4 is 23.2 Å². The van der Waals surface area contributed by atoms with E-state index >= 15 is 0 Å². The molecule has 0 aliphatic heterocycles. The first-order valence-electron chi connectivity index (χ1n) is 6.70. The smallest absolute Gasteiger partial charge is 0.308 e.